The van der Waals surface area contributed by atoms with E-state index in [0.717, 1.165) is 38.1 Å². The Morgan fingerprint density at radius 3 is 2.17 bits per heavy atom. The Bertz CT molecular complexity index is 293. The van der Waals surface area contributed by atoms with Crippen LogP contribution in [0.2, 0.25) is 0 Å². The van der Waals surface area contributed by atoms with Crippen LogP contribution in [0.25, 0.3) is 0 Å². The lowest BCUT2D eigenvalue weighted by Crippen LogP contribution is -2.30. The van der Waals surface area contributed by atoms with Gasteiger partial charge in [0.2, 0.25) is 0 Å². The first-order valence-electron chi connectivity index (χ1n) is 6.37. The predicted octanol–water partition coefficient (Wildman–Crippen LogP) is 1.48. The first-order chi connectivity index (χ1) is 8.72. The van der Waals surface area contributed by atoms with Gasteiger partial charge in [-0.1, -0.05) is 19.3 Å². The van der Waals surface area contributed by atoms with E-state index in [-0.39, 0.29) is 0 Å². The van der Waals surface area contributed by atoms with Crippen LogP contribution < -0.4 is 0 Å². The van der Waals surface area contributed by atoms with Gasteiger partial charge in [-0.3, -0.25) is 4.90 Å². The van der Waals surface area contributed by atoms with Crippen molar-refractivity contribution in [3.8, 4) is 0 Å². The minimum atomic E-state index is -0.557. The molecular formula is C13H21NO4. The number of methoxy groups -OCH3 is 1. The lowest BCUT2D eigenvalue weighted by atomic mass is 10.1. The van der Waals surface area contributed by atoms with E-state index in [1.54, 1.807) is 0 Å². The van der Waals surface area contributed by atoms with Crippen LogP contribution in [0.15, 0.2) is 12.2 Å². The van der Waals surface area contributed by atoms with Crippen molar-refractivity contribution in [2.24, 2.45) is 0 Å². The number of hydrogen-bond acceptors (Lipinski definition) is 5. The predicted molar refractivity (Wildman–Crippen MR) is 66.8 cm³/mol. The summed E-state index contributed by atoms with van der Waals surface area (Å²) in [7, 11) is 1.26. The second-order valence-corrected chi connectivity index (χ2v) is 4.33. The fourth-order valence-electron chi connectivity index (χ4n) is 1.85. The van der Waals surface area contributed by atoms with E-state index < -0.39 is 11.9 Å². The quantitative estimate of drug-likeness (QED) is 0.562. The SMILES string of the molecule is COC(=O)/C=C/C(=O)OCN1CCCCCCC1. The Balaban J connectivity index is 2.23. The van der Waals surface area contributed by atoms with E-state index in [9.17, 15) is 9.59 Å². The fourth-order valence-corrected chi connectivity index (χ4v) is 1.85. The van der Waals surface area contributed by atoms with Crippen molar-refractivity contribution in [1.29, 1.82) is 0 Å². The summed E-state index contributed by atoms with van der Waals surface area (Å²) in [6, 6.07) is 0. The van der Waals surface area contributed by atoms with E-state index in [1.165, 1.54) is 26.4 Å². The summed E-state index contributed by atoms with van der Waals surface area (Å²) in [5, 5.41) is 0. The molecule has 18 heavy (non-hydrogen) atoms. The summed E-state index contributed by atoms with van der Waals surface area (Å²) < 4.78 is 9.45. The molecule has 5 nitrogen and oxygen atoms in total. The Labute approximate surface area is 108 Å². The molecule has 102 valence electrons. The van der Waals surface area contributed by atoms with E-state index in [1.807, 2.05) is 0 Å². The molecule has 1 heterocycles. The van der Waals surface area contributed by atoms with Gasteiger partial charge in [-0.15, -0.1) is 0 Å². The van der Waals surface area contributed by atoms with Gasteiger partial charge in [0.25, 0.3) is 0 Å². The molecule has 0 aromatic rings. The third-order valence-corrected chi connectivity index (χ3v) is 2.89. The van der Waals surface area contributed by atoms with Gasteiger partial charge < -0.3 is 9.47 Å². The zero-order chi connectivity index (χ0) is 13.2. The number of ether oxygens (including phenoxy) is 2. The first-order valence-corrected chi connectivity index (χ1v) is 6.37. The molecule has 1 aliphatic rings. The van der Waals surface area contributed by atoms with Gasteiger partial charge in [-0.2, -0.15) is 0 Å². The molecule has 0 bridgehead atoms. The largest absolute Gasteiger partial charge is 0.466 e. The number of likely N-dealkylation sites (tertiary alicyclic amines) is 1. The molecule has 0 N–H and O–H groups in total. The standard InChI is InChI=1S/C13H21NO4/c1-17-12(15)7-8-13(16)18-11-14-9-5-3-2-4-6-10-14/h7-8H,2-6,9-11H2,1H3/b8-7+. The van der Waals surface area contributed by atoms with Gasteiger partial charge in [0.05, 0.1) is 7.11 Å². The molecule has 0 aromatic carbocycles. The van der Waals surface area contributed by atoms with Crippen LogP contribution >= 0.6 is 0 Å². The van der Waals surface area contributed by atoms with Gasteiger partial charge >= 0.3 is 11.9 Å². The molecule has 0 amide bonds. The second kappa shape index (κ2) is 8.69. The maximum Gasteiger partial charge on any atom is 0.332 e. The van der Waals surface area contributed by atoms with Crippen LogP contribution in [0.5, 0.6) is 0 Å². The fraction of sp³-hybridized carbons (Fsp3) is 0.692. The van der Waals surface area contributed by atoms with Gasteiger partial charge in [0.1, 0.15) is 6.73 Å². The number of carbonyl (C=O) groups is 2. The number of esters is 2. The minimum Gasteiger partial charge on any atom is -0.466 e. The minimum absolute atomic E-state index is 0.296. The van der Waals surface area contributed by atoms with Crippen LogP contribution in [0, 0.1) is 0 Å². The van der Waals surface area contributed by atoms with Crippen molar-refractivity contribution in [3.63, 3.8) is 0 Å². The van der Waals surface area contributed by atoms with Crippen molar-refractivity contribution >= 4 is 11.9 Å². The summed E-state index contributed by atoms with van der Waals surface area (Å²) >= 11 is 0. The third-order valence-electron chi connectivity index (χ3n) is 2.89. The number of hydrogen-bond donors (Lipinski definition) is 0. The van der Waals surface area contributed by atoms with Gasteiger partial charge in [0, 0.05) is 25.2 Å². The molecule has 1 rings (SSSR count). The van der Waals surface area contributed by atoms with Crippen molar-refractivity contribution in [3.05, 3.63) is 12.2 Å². The zero-order valence-electron chi connectivity index (χ0n) is 10.9. The maximum absolute atomic E-state index is 11.3. The molecule has 1 saturated heterocycles. The van der Waals surface area contributed by atoms with Crippen molar-refractivity contribution in [1.82, 2.24) is 4.90 Å². The van der Waals surface area contributed by atoms with Gasteiger partial charge in [-0.05, 0) is 12.8 Å². The molecule has 1 aliphatic heterocycles. The molecule has 0 unspecified atom stereocenters. The van der Waals surface area contributed by atoms with Crippen molar-refractivity contribution in [2.45, 2.75) is 32.1 Å². The number of nitrogens with zero attached hydrogens (tertiary/aromatic N) is 1. The molecule has 0 aromatic heterocycles. The van der Waals surface area contributed by atoms with E-state index in [2.05, 4.69) is 9.64 Å². The Morgan fingerprint density at radius 2 is 1.56 bits per heavy atom. The van der Waals surface area contributed by atoms with E-state index in [4.69, 9.17) is 4.74 Å². The topological polar surface area (TPSA) is 55.8 Å². The van der Waals surface area contributed by atoms with Crippen LogP contribution in [-0.4, -0.2) is 43.8 Å². The number of rotatable bonds is 4. The molecule has 0 radical (unpaired) electrons. The highest BCUT2D eigenvalue weighted by molar-refractivity contribution is 5.91. The first kappa shape index (κ1) is 14.7. The summed E-state index contributed by atoms with van der Waals surface area (Å²) in [5.41, 5.74) is 0. The molecular weight excluding hydrogens is 234 g/mol. The Hall–Kier alpha value is -1.36. The van der Waals surface area contributed by atoms with Crippen LogP contribution in [0.3, 0.4) is 0 Å². The second-order valence-electron chi connectivity index (χ2n) is 4.33. The molecule has 0 spiro atoms. The molecule has 0 saturated carbocycles. The monoisotopic (exact) mass is 255 g/mol. The zero-order valence-corrected chi connectivity index (χ0v) is 10.9. The van der Waals surface area contributed by atoms with E-state index in [0.29, 0.717) is 6.73 Å². The summed E-state index contributed by atoms with van der Waals surface area (Å²) in [6.45, 7) is 2.23. The van der Waals surface area contributed by atoms with Crippen LogP contribution in [0.1, 0.15) is 32.1 Å². The van der Waals surface area contributed by atoms with Gasteiger partial charge in [0.15, 0.2) is 0 Å². The molecule has 5 heteroatoms. The maximum atomic E-state index is 11.3. The normalized spacial score (nSPS) is 18.1. The highest BCUT2D eigenvalue weighted by Gasteiger charge is 2.09. The highest BCUT2D eigenvalue weighted by atomic mass is 16.5. The molecule has 1 fully saturated rings. The highest BCUT2D eigenvalue weighted by Crippen LogP contribution is 2.10. The lowest BCUT2D eigenvalue weighted by Gasteiger charge is -2.23. The van der Waals surface area contributed by atoms with Crippen molar-refractivity contribution in [2.75, 3.05) is 26.9 Å². The van der Waals surface area contributed by atoms with Crippen LogP contribution in [0.4, 0.5) is 0 Å². The smallest absolute Gasteiger partial charge is 0.332 e. The summed E-state index contributed by atoms with van der Waals surface area (Å²) in [4.78, 5) is 24.2. The average molecular weight is 255 g/mol. The lowest BCUT2D eigenvalue weighted by molar-refractivity contribution is -0.143. The Kier molecular flexibility index (Phi) is 7.10. The number of carbonyl (C=O) groups excluding carboxylic acids is 2. The van der Waals surface area contributed by atoms with Gasteiger partial charge in [-0.25, -0.2) is 9.59 Å². The molecule has 0 atom stereocenters. The summed E-state index contributed by atoms with van der Waals surface area (Å²) in [6.07, 6.45) is 8.24. The van der Waals surface area contributed by atoms with E-state index >= 15 is 0 Å². The van der Waals surface area contributed by atoms with Crippen molar-refractivity contribution < 1.29 is 19.1 Å². The average Bonchev–Trinajstić information content (AvgIpc) is 2.34. The third kappa shape index (κ3) is 6.39. The van der Waals surface area contributed by atoms with Crippen LogP contribution in [-0.2, 0) is 19.1 Å². The Morgan fingerprint density at radius 1 is 1.00 bits per heavy atom. The molecule has 0 aliphatic carbocycles. The summed E-state index contributed by atoms with van der Waals surface area (Å²) in [5.74, 6) is -1.07.